The molecule has 2 atom stereocenters. The molecule has 152 valence electrons. The van der Waals surface area contributed by atoms with E-state index in [2.05, 4.69) is 78.9 Å². The fourth-order valence-electron chi connectivity index (χ4n) is 4.55. The van der Waals surface area contributed by atoms with E-state index in [9.17, 15) is 0 Å². The van der Waals surface area contributed by atoms with E-state index in [4.69, 9.17) is 0 Å². The predicted molar refractivity (Wildman–Crippen MR) is 115 cm³/mol. The lowest BCUT2D eigenvalue weighted by Gasteiger charge is -2.39. The largest absolute Gasteiger partial charge is 0.314 e. The maximum absolute atomic E-state index is 3.53. The summed E-state index contributed by atoms with van der Waals surface area (Å²) in [5, 5.41) is 3.53. The summed E-state index contributed by atoms with van der Waals surface area (Å²) < 4.78 is 0. The quantitative estimate of drug-likeness (QED) is 0.857. The Morgan fingerprint density at radius 2 is 1.44 bits per heavy atom. The van der Waals surface area contributed by atoms with Gasteiger partial charge in [-0.05, 0) is 30.4 Å². The van der Waals surface area contributed by atoms with Crippen molar-refractivity contribution in [3.8, 4) is 0 Å². The van der Waals surface area contributed by atoms with Crippen LogP contribution in [-0.2, 0) is 13.1 Å². The number of rotatable bonds is 5. The monoisotopic (exact) mass is 372 g/mol. The van der Waals surface area contributed by atoms with Crippen LogP contribution >= 0.6 is 0 Å². The standard InChI is InChI=1S/C23H40N4/c1-19-14-24-15-20(2)27(19)17-22-8-6-7-21(13-22)16-25-9-11-26(12-10-25)18-23(3,4)5/h6-8,13,19-20,24H,9-12,14-18H2,1-5H3. The first-order valence-corrected chi connectivity index (χ1v) is 10.8. The first-order chi connectivity index (χ1) is 12.8. The summed E-state index contributed by atoms with van der Waals surface area (Å²) in [7, 11) is 0. The fourth-order valence-corrected chi connectivity index (χ4v) is 4.55. The molecule has 0 bridgehead atoms. The summed E-state index contributed by atoms with van der Waals surface area (Å²) in [5.41, 5.74) is 3.32. The first-order valence-electron chi connectivity index (χ1n) is 10.8. The number of hydrogen-bond acceptors (Lipinski definition) is 4. The van der Waals surface area contributed by atoms with Crippen LogP contribution in [0.5, 0.6) is 0 Å². The van der Waals surface area contributed by atoms with E-state index in [0.717, 1.165) is 26.2 Å². The van der Waals surface area contributed by atoms with Gasteiger partial charge in [0.2, 0.25) is 0 Å². The van der Waals surface area contributed by atoms with E-state index in [1.165, 1.54) is 43.9 Å². The maximum atomic E-state index is 3.53. The maximum Gasteiger partial charge on any atom is 0.0240 e. The lowest BCUT2D eigenvalue weighted by Crippen LogP contribution is -2.54. The van der Waals surface area contributed by atoms with E-state index in [-0.39, 0.29) is 0 Å². The van der Waals surface area contributed by atoms with E-state index in [1.807, 2.05) is 0 Å². The van der Waals surface area contributed by atoms with Gasteiger partial charge in [-0.2, -0.15) is 0 Å². The molecule has 4 nitrogen and oxygen atoms in total. The third kappa shape index (κ3) is 6.28. The van der Waals surface area contributed by atoms with Crippen molar-refractivity contribution >= 4 is 0 Å². The molecule has 27 heavy (non-hydrogen) atoms. The van der Waals surface area contributed by atoms with Crippen LogP contribution in [0.2, 0.25) is 0 Å². The van der Waals surface area contributed by atoms with Crippen molar-refractivity contribution in [2.24, 2.45) is 5.41 Å². The van der Waals surface area contributed by atoms with Gasteiger partial charge >= 0.3 is 0 Å². The first kappa shape index (κ1) is 20.8. The van der Waals surface area contributed by atoms with Gasteiger partial charge in [-0.1, -0.05) is 45.0 Å². The smallest absolute Gasteiger partial charge is 0.0240 e. The minimum absolute atomic E-state index is 0.398. The molecule has 0 saturated carbocycles. The van der Waals surface area contributed by atoms with Gasteiger partial charge in [0, 0.05) is 71.0 Å². The highest BCUT2D eigenvalue weighted by atomic mass is 15.3. The summed E-state index contributed by atoms with van der Waals surface area (Å²) in [5.74, 6) is 0. The van der Waals surface area contributed by atoms with Crippen molar-refractivity contribution in [2.75, 3.05) is 45.8 Å². The van der Waals surface area contributed by atoms with Crippen LogP contribution in [0.25, 0.3) is 0 Å². The Labute approximate surface area is 166 Å². The summed E-state index contributed by atoms with van der Waals surface area (Å²) in [4.78, 5) is 7.88. The topological polar surface area (TPSA) is 21.8 Å². The molecule has 2 heterocycles. The third-order valence-corrected chi connectivity index (χ3v) is 5.94. The van der Waals surface area contributed by atoms with Crippen molar-refractivity contribution < 1.29 is 0 Å². The Morgan fingerprint density at radius 1 is 0.889 bits per heavy atom. The van der Waals surface area contributed by atoms with Gasteiger partial charge in [0.05, 0.1) is 0 Å². The molecule has 1 N–H and O–H groups in total. The number of nitrogens with zero attached hydrogens (tertiary/aromatic N) is 3. The molecular formula is C23H40N4. The highest BCUT2D eigenvalue weighted by molar-refractivity contribution is 5.24. The van der Waals surface area contributed by atoms with Crippen molar-refractivity contribution in [1.29, 1.82) is 0 Å². The Bertz CT molecular complexity index is 576. The van der Waals surface area contributed by atoms with Crippen molar-refractivity contribution in [3.05, 3.63) is 35.4 Å². The number of hydrogen-bond donors (Lipinski definition) is 1. The van der Waals surface area contributed by atoms with Crippen molar-refractivity contribution in [1.82, 2.24) is 20.0 Å². The van der Waals surface area contributed by atoms with Gasteiger partial charge in [-0.3, -0.25) is 9.80 Å². The summed E-state index contributed by atoms with van der Waals surface area (Å²) >= 11 is 0. The molecule has 2 saturated heterocycles. The number of nitrogens with one attached hydrogen (secondary N) is 1. The SMILES string of the molecule is CC1CNCC(C)N1Cc1cccc(CN2CCN(CC(C)(C)C)CC2)c1. The van der Waals surface area contributed by atoms with E-state index in [1.54, 1.807) is 0 Å². The summed E-state index contributed by atoms with van der Waals surface area (Å²) in [6.45, 7) is 22.0. The second-order valence-electron chi connectivity index (χ2n) is 9.96. The Morgan fingerprint density at radius 3 is 2.04 bits per heavy atom. The molecule has 3 rings (SSSR count). The minimum atomic E-state index is 0.398. The molecule has 2 fully saturated rings. The third-order valence-electron chi connectivity index (χ3n) is 5.94. The van der Waals surface area contributed by atoms with Crippen LogP contribution in [0.15, 0.2) is 24.3 Å². The molecule has 0 amide bonds. The molecule has 1 aromatic carbocycles. The molecule has 4 heteroatoms. The van der Waals surface area contributed by atoms with Gasteiger partial charge in [0.15, 0.2) is 0 Å². The fraction of sp³-hybridized carbons (Fsp3) is 0.739. The van der Waals surface area contributed by atoms with Crippen LogP contribution < -0.4 is 5.32 Å². The second kappa shape index (κ2) is 9.04. The minimum Gasteiger partial charge on any atom is -0.314 e. The highest BCUT2D eigenvalue weighted by Gasteiger charge is 2.25. The Kier molecular flexibility index (Phi) is 6.96. The zero-order valence-electron chi connectivity index (χ0n) is 18.2. The van der Waals surface area contributed by atoms with Gasteiger partial charge in [0.25, 0.3) is 0 Å². The zero-order chi connectivity index (χ0) is 19.4. The molecule has 0 aromatic heterocycles. The summed E-state index contributed by atoms with van der Waals surface area (Å²) in [6.07, 6.45) is 0. The predicted octanol–water partition coefficient (Wildman–Crippen LogP) is 3.03. The number of piperazine rings is 2. The molecule has 0 aliphatic carbocycles. The molecule has 2 unspecified atom stereocenters. The van der Waals surface area contributed by atoms with Crippen molar-refractivity contribution in [3.63, 3.8) is 0 Å². The molecule has 1 aromatic rings. The lowest BCUT2D eigenvalue weighted by molar-refractivity contribution is 0.0981. The molecule has 2 aliphatic heterocycles. The summed E-state index contributed by atoms with van der Waals surface area (Å²) in [6, 6.07) is 10.5. The van der Waals surface area contributed by atoms with Crippen molar-refractivity contribution in [2.45, 2.75) is 59.8 Å². The normalized spacial score (nSPS) is 26.4. The Balaban J connectivity index is 1.52. The van der Waals surface area contributed by atoms with E-state index in [0.29, 0.717) is 17.5 Å². The van der Waals surface area contributed by atoms with Crippen LogP contribution in [0, 0.1) is 5.41 Å². The average Bonchev–Trinajstić information content (AvgIpc) is 2.59. The average molecular weight is 373 g/mol. The molecule has 2 aliphatic rings. The molecular weight excluding hydrogens is 332 g/mol. The van der Waals surface area contributed by atoms with Gasteiger partial charge in [-0.15, -0.1) is 0 Å². The van der Waals surface area contributed by atoms with E-state index >= 15 is 0 Å². The number of benzene rings is 1. The van der Waals surface area contributed by atoms with Crippen LogP contribution in [-0.4, -0.2) is 72.6 Å². The molecule has 0 radical (unpaired) electrons. The van der Waals surface area contributed by atoms with Gasteiger partial charge < -0.3 is 10.2 Å². The van der Waals surface area contributed by atoms with Crippen LogP contribution in [0.4, 0.5) is 0 Å². The lowest BCUT2D eigenvalue weighted by atomic mass is 9.96. The van der Waals surface area contributed by atoms with Gasteiger partial charge in [0.1, 0.15) is 0 Å². The zero-order valence-corrected chi connectivity index (χ0v) is 18.2. The highest BCUT2D eigenvalue weighted by Crippen LogP contribution is 2.19. The Hall–Kier alpha value is -0.940. The van der Waals surface area contributed by atoms with E-state index < -0.39 is 0 Å². The van der Waals surface area contributed by atoms with Gasteiger partial charge in [-0.25, -0.2) is 0 Å². The second-order valence-corrected chi connectivity index (χ2v) is 9.96. The van der Waals surface area contributed by atoms with Crippen LogP contribution in [0.1, 0.15) is 45.7 Å². The molecule has 0 spiro atoms. The van der Waals surface area contributed by atoms with Crippen LogP contribution in [0.3, 0.4) is 0 Å².